The fourth-order valence-electron chi connectivity index (χ4n) is 1.24. The summed E-state index contributed by atoms with van der Waals surface area (Å²) in [5, 5.41) is 7.83. The molecule has 14 heavy (non-hydrogen) atoms. The van der Waals surface area contributed by atoms with Gasteiger partial charge in [0.15, 0.2) is 0 Å². The SMILES string of the molecule is c1cc2c(cn1)nnn2-c1ncco1. The van der Waals surface area contributed by atoms with E-state index >= 15 is 0 Å². The molecule has 0 saturated heterocycles. The highest BCUT2D eigenvalue weighted by atomic mass is 16.4. The van der Waals surface area contributed by atoms with E-state index in [-0.39, 0.29) is 0 Å². The Morgan fingerprint density at radius 1 is 1.29 bits per heavy atom. The summed E-state index contributed by atoms with van der Waals surface area (Å²) in [7, 11) is 0. The first-order chi connectivity index (χ1) is 6.95. The molecule has 0 aliphatic carbocycles. The molecule has 0 radical (unpaired) electrons. The molecule has 0 aromatic carbocycles. The van der Waals surface area contributed by atoms with E-state index in [2.05, 4.69) is 20.3 Å². The quantitative estimate of drug-likeness (QED) is 0.563. The Kier molecular flexibility index (Phi) is 1.35. The van der Waals surface area contributed by atoms with Gasteiger partial charge in [-0.05, 0) is 6.07 Å². The number of nitrogens with zero attached hydrogens (tertiary/aromatic N) is 5. The third-order valence-electron chi connectivity index (χ3n) is 1.85. The third kappa shape index (κ3) is 0.905. The topological polar surface area (TPSA) is 69.6 Å². The molecule has 3 aromatic heterocycles. The fraction of sp³-hybridized carbons (Fsp3) is 0. The van der Waals surface area contributed by atoms with Gasteiger partial charge in [0.05, 0.1) is 12.4 Å². The number of hydrogen-bond donors (Lipinski definition) is 0. The largest absolute Gasteiger partial charge is 0.431 e. The van der Waals surface area contributed by atoms with Crippen molar-refractivity contribution in [3.63, 3.8) is 0 Å². The van der Waals surface area contributed by atoms with Crippen molar-refractivity contribution < 1.29 is 4.42 Å². The second kappa shape index (κ2) is 2.63. The van der Waals surface area contributed by atoms with Gasteiger partial charge in [-0.2, -0.15) is 4.68 Å². The predicted octanol–water partition coefficient (Wildman–Crippen LogP) is 0.803. The lowest BCUT2D eigenvalue weighted by Gasteiger charge is -1.92. The highest BCUT2D eigenvalue weighted by Gasteiger charge is 2.08. The van der Waals surface area contributed by atoms with Crippen LogP contribution in [0.25, 0.3) is 17.0 Å². The highest BCUT2D eigenvalue weighted by molar-refractivity contribution is 5.73. The van der Waals surface area contributed by atoms with Crippen LogP contribution in [0.5, 0.6) is 0 Å². The molecule has 0 fully saturated rings. The molecule has 6 heteroatoms. The normalized spacial score (nSPS) is 10.9. The first kappa shape index (κ1) is 7.19. The number of aromatic nitrogens is 5. The maximum atomic E-state index is 5.11. The van der Waals surface area contributed by atoms with Crippen LogP contribution in [0, 0.1) is 0 Å². The molecule has 68 valence electrons. The molecule has 3 aromatic rings. The van der Waals surface area contributed by atoms with Crippen molar-refractivity contribution in [3.05, 3.63) is 30.9 Å². The first-order valence-corrected chi connectivity index (χ1v) is 4.00. The summed E-state index contributed by atoms with van der Waals surface area (Å²) in [5.74, 6) is 0. The lowest BCUT2D eigenvalue weighted by Crippen LogP contribution is -1.96. The molecule has 0 bridgehead atoms. The van der Waals surface area contributed by atoms with E-state index < -0.39 is 0 Å². The zero-order valence-corrected chi connectivity index (χ0v) is 7.03. The van der Waals surface area contributed by atoms with Gasteiger partial charge in [0.1, 0.15) is 17.3 Å². The molecule has 3 heterocycles. The Hall–Kier alpha value is -2.24. The zero-order chi connectivity index (χ0) is 9.38. The van der Waals surface area contributed by atoms with Gasteiger partial charge in [-0.15, -0.1) is 5.10 Å². The molecule has 0 aliphatic rings. The summed E-state index contributed by atoms with van der Waals surface area (Å²) in [6.07, 6.45) is 6.36. The lowest BCUT2D eigenvalue weighted by molar-refractivity contribution is 0.509. The number of oxazole rings is 1. The van der Waals surface area contributed by atoms with Crippen molar-refractivity contribution in [2.75, 3.05) is 0 Å². The fourth-order valence-corrected chi connectivity index (χ4v) is 1.24. The Balaban J connectivity index is 2.33. The molecule has 0 saturated carbocycles. The van der Waals surface area contributed by atoms with Crippen LogP contribution in [0.15, 0.2) is 35.3 Å². The molecular weight excluding hydrogens is 182 g/mol. The van der Waals surface area contributed by atoms with Crippen molar-refractivity contribution in [1.29, 1.82) is 0 Å². The molecule has 0 amide bonds. The van der Waals surface area contributed by atoms with Crippen molar-refractivity contribution in [2.24, 2.45) is 0 Å². The van der Waals surface area contributed by atoms with E-state index in [1.807, 2.05) is 0 Å². The van der Waals surface area contributed by atoms with E-state index in [1.54, 1.807) is 24.7 Å². The Morgan fingerprint density at radius 3 is 3.14 bits per heavy atom. The molecular formula is C8H5N5O. The predicted molar refractivity (Wildman–Crippen MR) is 46.7 cm³/mol. The molecule has 0 unspecified atom stereocenters. The number of rotatable bonds is 1. The highest BCUT2D eigenvalue weighted by Crippen LogP contribution is 2.12. The molecule has 0 N–H and O–H groups in total. The van der Waals surface area contributed by atoms with Gasteiger partial charge < -0.3 is 4.42 Å². The summed E-state index contributed by atoms with van der Waals surface area (Å²) in [5.41, 5.74) is 1.54. The minimum Gasteiger partial charge on any atom is -0.431 e. The van der Waals surface area contributed by atoms with Gasteiger partial charge in [0, 0.05) is 6.20 Å². The van der Waals surface area contributed by atoms with E-state index in [4.69, 9.17) is 4.42 Å². The average Bonchev–Trinajstić information content (AvgIpc) is 2.85. The monoisotopic (exact) mass is 187 g/mol. The second-order valence-corrected chi connectivity index (χ2v) is 2.68. The second-order valence-electron chi connectivity index (χ2n) is 2.68. The number of pyridine rings is 1. The zero-order valence-electron chi connectivity index (χ0n) is 7.03. The molecule has 0 aliphatic heterocycles. The first-order valence-electron chi connectivity index (χ1n) is 4.00. The van der Waals surface area contributed by atoms with Crippen LogP contribution < -0.4 is 0 Å². The Labute approximate surface area is 78.2 Å². The maximum Gasteiger partial charge on any atom is 0.324 e. The minimum absolute atomic E-state index is 0.402. The standard InChI is InChI=1S/C8H5N5O/c1-2-9-5-6-7(1)13(12-11-6)8-10-3-4-14-8/h1-5H. The number of hydrogen-bond acceptors (Lipinski definition) is 5. The van der Waals surface area contributed by atoms with Gasteiger partial charge in [-0.1, -0.05) is 5.21 Å². The number of fused-ring (bicyclic) bond motifs is 1. The van der Waals surface area contributed by atoms with Crippen LogP contribution in [0.1, 0.15) is 0 Å². The van der Waals surface area contributed by atoms with Crippen molar-refractivity contribution in [2.45, 2.75) is 0 Å². The van der Waals surface area contributed by atoms with Gasteiger partial charge >= 0.3 is 6.01 Å². The summed E-state index contributed by atoms with van der Waals surface area (Å²) in [6, 6.07) is 2.21. The van der Waals surface area contributed by atoms with E-state index in [0.717, 1.165) is 5.52 Å². The van der Waals surface area contributed by atoms with Crippen LogP contribution >= 0.6 is 0 Å². The summed E-state index contributed by atoms with van der Waals surface area (Å²) >= 11 is 0. The van der Waals surface area contributed by atoms with Crippen LogP contribution in [-0.2, 0) is 0 Å². The van der Waals surface area contributed by atoms with Crippen LogP contribution in [0.4, 0.5) is 0 Å². The average molecular weight is 187 g/mol. The van der Waals surface area contributed by atoms with Gasteiger partial charge in [0.2, 0.25) is 0 Å². The summed E-state index contributed by atoms with van der Waals surface area (Å²) in [6.45, 7) is 0. The van der Waals surface area contributed by atoms with Gasteiger partial charge in [0.25, 0.3) is 0 Å². The van der Waals surface area contributed by atoms with E-state index in [0.29, 0.717) is 11.5 Å². The van der Waals surface area contributed by atoms with Crippen molar-refractivity contribution in [3.8, 4) is 6.01 Å². The van der Waals surface area contributed by atoms with E-state index in [1.165, 1.54) is 10.9 Å². The van der Waals surface area contributed by atoms with Crippen molar-refractivity contribution in [1.82, 2.24) is 25.0 Å². The molecule has 0 spiro atoms. The molecule has 0 atom stereocenters. The lowest BCUT2D eigenvalue weighted by atomic mass is 10.4. The Morgan fingerprint density at radius 2 is 2.29 bits per heavy atom. The van der Waals surface area contributed by atoms with Gasteiger partial charge in [-0.25, -0.2) is 4.98 Å². The smallest absolute Gasteiger partial charge is 0.324 e. The molecule has 3 rings (SSSR count). The maximum absolute atomic E-state index is 5.11. The van der Waals surface area contributed by atoms with Crippen LogP contribution in [-0.4, -0.2) is 25.0 Å². The Bertz CT molecular complexity index is 556. The minimum atomic E-state index is 0.402. The van der Waals surface area contributed by atoms with Crippen LogP contribution in [0.3, 0.4) is 0 Å². The third-order valence-corrected chi connectivity index (χ3v) is 1.85. The van der Waals surface area contributed by atoms with Crippen LogP contribution in [0.2, 0.25) is 0 Å². The van der Waals surface area contributed by atoms with E-state index in [9.17, 15) is 0 Å². The van der Waals surface area contributed by atoms with Crippen molar-refractivity contribution >= 4 is 11.0 Å². The van der Waals surface area contributed by atoms with Gasteiger partial charge in [-0.3, -0.25) is 4.98 Å². The molecule has 6 nitrogen and oxygen atoms in total. The summed E-state index contributed by atoms with van der Waals surface area (Å²) < 4.78 is 6.64. The summed E-state index contributed by atoms with van der Waals surface area (Å²) in [4.78, 5) is 7.92.